The highest BCUT2D eigenvalue weighted by Crippen LogP contribution is 2.33. The molecule has 2 nitrogen and oxygen atoms in total. The van der Waals surface area contributed by atoms with E-state index in [-0.39, 0.29) is 16.2 Å². The van der Waals surface area contributed by atoms with Crippen molar-refractivity contribution in [2.45, 2.75) is 31.0 Å². The highest BCUT2D eigenvalue weighted by Gasteiger charge is 2.28. The predicted molar refractivity (Wildman–Crippen MR) is 54.5 cm³/mol. The molecule has 0 aromatic heterocycles. The molecule has 1 aliphatic heterocycles. The van der Waals surface area contributed by atoms with Crippen molar-refractivity contribution in [1.82, 2.24) is 0 Å². The van der Waals surface area contributed by atoms with Crippen LogP contribution < -0.4 is 0 Å². The van der Waals surface area contributed by atoms with Crippen LogP contribution in [0.3, 0.4) is 0 Å². The molecular formula is C8H14O2S2. The highest BCUT2D eigenvalue weighted by molar-refractivity contribution is 8.21. The van der Waals surface area contributed by atoms with Gasteiger partial charge < -0.3 is 4.74 Å². The summed E-state index contributed by atoms with van der Waals surface area (Å²) >= 11 is 3.36. The molecule has 0 aromatic carbocycles. The lowest BCUT2D eigenvalue weighted by Gasteiger charge is -2.21. The van der Waals surface area contributed by atoms with Crippen LogP contribution in [0.25, 0.3) is 0 Å². The molecule has 1 fully saturated rings. The van der Waals surface area contributed by atoms with Crippen molar-refractivity contribution in [3.63, 3.8) is 0 Å². The summed E-state index contributed by atoms with van der Waals surface area (Å²) in [6.45, 7) is 5.69. The van der Waals surface area contributed by atoms with E-state index in [1.807, 2.05) is 20.8 Å². The second-order valence-corrected chi connectivity index (χ2v) is 6.33. The van der Waals surface area contributed by atoms with E-state index >= 15 is 0 Å². The van der Waals surface area contributed by atoms with Crippen LogP contribution in [-0.4, -0.2) is 27.7 Å². The Morgan fingerprint density at radius 1 is 1.33 bits per heavy atom. The molecule has 1 heterocycles. The number of hydrogen-bond donors (Lipinski definition) is 0. The molecular weight excluding hydrogens is 192 g/mol. The average Bonchev–Trinajstić information content (AvgIpc) is 2.32. The fraction of sp³-hybridized carbons (Fsp3) is 0.875. The number of hydrogen-bond acceptors (Lipinski definition) is 4. The molecule has 1 aliphatic rings. The van der Waals surface area contributed by atoms with Crippen LogP contribution in [0.4, 0.5) is 0 Å². The van der Waals surface area contributed by atoms with Crippen LogP contribution in [0, 0.1) is 0 Å². The molecule has 0 aromatic rings. The molecule has 0 N–H and O–H groups in total. The number of carbonyl (C=O) groups is 1. The quantitative estimate of drug-likeness (QED) is 0.614. The molecule has 0 aliphatic carbocycles. The van der Waals surface area contributed by atoms with Gasteiger partial charge in [-0.1, -0.05) is 0 Å². The average molecular weight is 206 g/mol. The summed E-state index contributed by atoms with van der Waals surface area (Å²) in [5.41, 5.74) is -0.346. The van der Waals surface area contributed by atoms with Gasteiger partial charge in [0.2, 0.25) is 0 Å². The monoisotopic (exact) mass is 206 g/mol. The largest absolute Gasteiger partial charge is 0.459 e. The summed E-state index contributed by atoms with van der Waals surface area (Å²) in [4.78, 5) is 11.4. The standard InChI is InChI=1S/C8H14O2S2/c1-8(2,3)10-6(9)7-11-4-5-12-7/h7H,4-5H2,1-3H3. The molecule has 4 heteroatoms. The zero-order valence-corrected chi connectivity index (χ0v) is 9.26. The Kier molecular flexibility index (Phi) is 3.35. The van der Waals surface area contributed by atoms with E-state index in [4.69, 9.17) is 4.74 Å². The zero-order chi connectivity index (χ0) is 9.19. The van der Waals surface area contributed by atoms with Gasteiger partial charge in [-0.2, -0.15) is 0 Å². The minimum Gasteiger partial charge on any atom is -0.459 e. The second kappa shape index (κ2) is 3.92. The van der Waals surface area contributed by atoms with Crippen molar-refractivity contribution in [3.05, 3.63) is 0 Å². The second-order valence-electron chi connectivity index (χ2n) is 3.61. The third-order valence-corrected chi connectivity index (χ3v) is 4.17. The van der Waals surface area contributed by atoms with E-state index in [2.05, 4.69) is 0 Å². The molecule has 1 saturated heterocycles. The molecule has 0 bridgehead atoms. The van der Waals surface area contributed by atoms with Crippen molar-refractivity contribution < 1.29 is 9.53 Å². The summed E-state index contributed by atoms with van der Waals surface area (Å²) in [5.74, 6) is 2.05. The first kappa shape index (κ1) is 10.3. The van der Waals surface area contributed by atoms with Gasteiger partial charge in [-0.05, 0) is 20.8 Å². The van der Waals surface area contributed by atoms with Crippen LogP contribution in [0.5, 0.6) is 0 Å². The molecule has 0 radical (unpaired) electrons. The topological polar surface area (TPSA) is 26.3 Å². The number of thioether (sulfide) groups is 2. The van der Waals surface area contributed by atoms with Gasteiger partial charge in [-0.3, -0.25) is 0 Å². The van der Waals surface area contributed by atoms with Crippen LogP contribution in [-0.2, 0) is 9.53 Å². The molecule has 0 saturated carbocycles. The molecule has 70 valence electrons. The van der Waals surface area contributed by atoms with Gasteiger partial charge in [0.25, 0.3) is 0 Å². The van der Waals surface area contributed by atoms with Crippen molar-refractivity contribution in [2.24, 2.45) is 0 Å². The third-order valence-electron chi connectivity index (χ3n) is 1.22. The van der Waals surface area contributed by atoms with E-state index in [0.717, 1.165) is 11.5 Å². The summed E-state index contributed by atoms with van der Waals surface area (Å²) in [7, 11) is 0. The first-order valence-electron chi connectivity index (χ1n) is 3.95. The Bertz CT molecular complexity index is 168. The normalized spacial score (nSPS) is 19.6. The van der Waals surface area contributed by atoms with Gasteiger partial charge >= 0.3 is 5.97 Å². The van der Waals surface area contributed by atoms with Crippen LogP contribution in [0.15, 0.2) is 0 Å². The molecule has 0 unspecified atom stereocenters. The lowest BCUT2D eigenvalue weighted by Crippen LogP contribution is -2.27. The minimum atomic E-state index is -0.346. The fourth-order valence-corrected chi connectivity index (χ4v) is 3.37. The molecule has 0 amide bonds. The number of rotatable bonds is 1. The highest BCUT2D eigenvalue weighted by atomic mass is 32.2. The van der Waals surface area contributed by atoms with E-state index < -0.39 is 0 Å². The Morgan fingerprint density at radius 2 is 1.83 bits per heavy atom. The minimum absolute atomic E-state index is 0.0178. The van der Waals surface area contributed by atoms with Gasteiger partial charge in [0.05, 0.1) is 0 Å². The SMILES string of the molecule is CC(C)(C)OC(=O)C1SCCS1. The summed E-state index contributed by atoms with van der Waals surface area (Å²) < 4.78 is 5.26. The Labute approximate surface area is 81.8 Å². The van der Waals surface area contributed by atoms with Crippen LogP contribution in [0.1, 0.15) is 20.8 Å². The zero-order valence-electron chi connectivity index (χ0n) is 7.62. The van der Waals surface area contributed by atoms with Gasteiger partial charge in [0, 0.05) is 11.5 Å². The van der Waals surface area contributed by atoms with E-state index in [0.29, 0.717) is 0 Å². The van der Waals surface area contributed by atoms with E-state index in [1.54, 1.807) is 23.5 Å². The van der Waals surface area contributed by atoms with Gasteiger partial charge in [-0.25, -0.2) is 4.79 Å². The smallest absolute Gasteiger partial charge is 0.329 e. The summed E-state index contributed by atoms with van der Waals surface area (Å²) in [6.07, 6.45) is 0. The maximum absolute atomic E-state index is 11.4. The predicted octanol–water partition coefficient (Wildman–Crippen LogP) is 2.13. The van der Waals surface area contributed by atoms with Crippen LogP contribution in [0.2, 0.25) is 0 Å². The molecule has 12 heavy (non-hydrogen) atoms. The van der Waals surface area contributed by atoms with Crippen molar-refractivity contribution in [1.29, 1.82) is 0 Å². The molecule has 0 atom stereocenters. The molecule has 0 spiro atoms. The maximum Gasteiger partial charge on any atom is 0.329 e. The number of carbonyl (C=O) groups excluding carboxylic acids is 1. The lowest BCUT2D eigenvalue weighted by molar-refractivity contribution is -0.152. The summed E-state index contributed by atoms with van der Waals surface area (Å²) in [6, 6.07) is 0. The van der Waals surface area contributed by atoms with E-state index in [1.165, 1.54) is 0 Å². The third kappa shape index (κ3) is 3.27. The Morgan fingerprint density at radius 3 is 2.25 bits per heavy atom. The Balaban J connectivity index is 2.37. The Hall–Kier alpha value is 0.170. The number of ether oxygens (including phenoxy) is 1. The van der Waals surface area contributed by atoms with Crippen LogP contribution >= 0.6 is 23.5 Å². The first-order valence-corrected chi connectivity index (χ1v) is 6.05. The fourth-order valence-electron chi connectivity index (χ4n) is 0.844. The van der Waals surface area contributed by atoms with Crippen molar-refractivity contribution in [3.8, 4) is 0 Å². The van der Waals surface area contributed by atoms with Gasteiger partial charge in [0.15, 0.2) is 0 Å². The lowest BCUT2D eigenvalue weighted by atomic mass is 10.2. The molecule has 1 rings (SSSR count). The van der Waals surface area contributed by atoms with Gasteiger partial charge in [0.1, 0.15) is 10.2 Å². The number of esters is 1. The van der Waals surface area contributed by atoms with Gasteiger partial charge in [-0.15, -0.1) is 23.5 Å². The summed E-state index contributed by atoms with van der Waals surface area (Å²) in [5, 5.41) is 0. The maximum atomic E-state index is 11.4. The van der Waals surface area contributed by atoms with Crippen molar-refractivity contribution >= 4 is 29.5 Å². The first-order chi connectivity index (χ1) is 5.49. The van der Waals surface area contributed by atoms with E-state index in [9.17, 15) is 4.79 Å². The van der Waals surface area contributed by atoms with Crippen molar-refractivity contribution in [2.75, 3.05) is 11.5 Å².